The van der Waals surface area contributed by atoms with Crippen molar-refractivity contribution in [3.8, 4) is 11.5 Å². The first kappa shape index (κ1) is 28.5. The molecule has 0 spiro atoms. The number of phenolic OH excluding ortho intramolecular Hbond substituents is 1. The zero-order valence-electron chi connectivity index (χ0n) is 22.5. The topological polar surface area (TPSA) is 82.1 Å². The third-order valence-corrected chi connectivity index (χ3v) is 8.01. The van der Waals surface area contributed by atoms with Crippen LogP contribution in [0.25, 0.3) is 0 Å². The van der Waals surface area contributed by atoms with Crippen LogP contribution in [0.3, 0.4) is 0 Å². The fourth-order valence-electron chi connectivity index (χ4n) is 5.66. The molecule has 2 aromatic rings. The Bertz CT molecular complexity index is 952. The molecule has 2 aliphatic rings. The summed E-state index contributed by atoms with van der Waals surface area (Å²) in [6.45, 7) is 0. The number of esters is 2. The number of methoxy groups -OCH3 is 3. The summed E-state index contributed by atoms with van der Waals surface area (Å²) in [5.74, 6) is 3.23. The van der Waals surface area contributed by atoms with Gasteiger partial charge in [-0.3, -0.25) is 9.59 Å². The number of aromatic hydroxyl groups is 1. The first-order valence-electron chi connectivity index (χ1n) is 13.5. The third kappa shape index (κ3) is 9.10. The molecule has 2 saturated carbocycles. The number of carbonyl (C=O) groups is 2. The van der Waals surface area contributed by atoms with Crippen LogP contribution in [0.4, 0.5) is 0 Å². The Morgan fingerprint density at radius 1 is 0.649 bits per heavy atom. The maximum atomic E-state index is 11.3. The molecule has 0 saturated heterocycles. The molecule has 0 atom stereocenters. The van der Waals surface area contributed by atoms with Crippen molar-refractivity contribution in [2.45, 2.75) is 76.0 Å². The minimum atomic E-state index is -0.0944. The summed E-state index contributed by atoms with van der Waals surface area (Å²) in [6, 6.07) is 15.9. The highest BCUT2D eigenvalue weighted by molar-refractivity contribution is 5.69. The molecule has 0 bridgehead atoms. The summed E-state index contributed by atoms with van der Waals surface area (Å²) in [5, 5.41) is 9.27. The second kappa shape index (κ2) is 14.7. The van der Waals surface area contributed by atoms with Gasteiger partial charge in [-0.05, 0) is 110 Å². The van der Waals surface area contributed by atoms with Crippen molar-refractivity contribution in [3.05, 3.63) is 59.7 Å². The lowest BCUT2D eigenvalue weighted by molar-refractivity contribution is -0.142. The maximum absolute atomic E-state index is 11.3. The van der Waals surface area contributed by atoms with Crippen molar-refractivity contribution in [2.75, 3.05) is 21.3 Å². The van der Waals surface area contributed by atoms with Crippen molar-refractivity contribution in [3.63, 3.8) is 0 Å². The molecule has 0 aromatic heterocycles. The van der Waals surface area contributed by atoms with Crippen LogP contribution in [-0.2, 0) is 19.1 Å². The van der Waals surface area contributed by atoms with Crippen molar-refractivity contribution in [1.29, 1.82) is 0 Å². The Balaban J connectivity index is 0.000000206. The van der Waals surface area contributed by atoms with Gasteiger partial charge in [0.25, 0.3) is 0 Å². The van der Waals surface area contributed by atoms with E-state index < -0.39 is 0 Å². The van der Waals surface area contributed by atoms with Gasteiger partial charge in [-0.25, -0.2) is 0 Å². The van der Waals surface area contributed by atoms with Crippen LogP contribution in [0.15, 0.2) is 48.5 Å². The first-order valence-corrected chi connectivity index (χ1v) is 13.5. The monoisotopic (exact) mass is 510 g/mol. The number of hydrogen-bond donors (Lipinski definition) is 1. The van der Waals surface area contributed by atoms with Gasteiger partial charge in [-0.15, -0.1) is 0 Å². The Morgan fingerprint density at radius 2 is 1.03 bits per heavy atom. The zero-order valence-corrected chi connectivity index (χ0v) is 22.5. The summed E-state index contributed by atoms with van der Waals surface area (Å²) < 4.78 is 14.6. The Labute approximate surface area is 221 Å². The largest absolute Gasteiger partial charge is 0.508 e. The van der Waals surface area contributed by atoms with E-state index in [2.05, 4.69) is 12.1 Å². The van der Waals surface area contributed by atoms with E-state index in [1.54, 1.807) is 19.2 Å². The number of hydrogen-bond acceptors (Lipinski definition) is 6. The fourth-order valence-corrected chi connectivity index (χ4v) is 5.66. The van der Waals surface area contributed by atoms with E-state index in [1.807, 2.05) is 24.3 Å². The molecule has 6 heteroatoms. The standard InChI is InChI=1S/C16H22O3.C15H20O3/c1-18-15-9-7-14(8-10-15)13-5-3-12(4-6-13)11-16(17)19-2;1-18-15(17)10-11-2-4-12(5-3-11)13-6-8-14(16)9-7-13/h7-10,12-13H,3-6,11H2,1-2H3;6-9,11-12,16H,2-5,10H2,1H3. The molecule has 37 heavy (non-hydrogen) atoms. The number of carbonyl (C=O) groups excluding carboxylic acids is 2. The van der Waals surface area contributed by atoms with E-state index >= 15 is 0 Å². The third-order valence-electron chi connectivity index (χ3n) is 8.01. The van der Waals surface area contributed by atoms with Crippen molar-refractivity contribution in [1.82, 2.24) is 0 Å². The maximum Gasteiger partial charge on any atom is 0.305 e. The van der Waals surface area contributed by atoms with Crippen LogP contribution in [0, 0.1) is 11.8 Å². The number of phenols is 1. The summed E-state index contributed by atoms with van der Waals surface area (Å²) in [5.41, 5.74) is 2.68. The van der Waals surface area contributed by atoms with Crippen LogP contribution in [0.1, 0.15) is 87.2 Å². The van der Waals surface area contributed by atoms with Gasteiger partial charge in [0.05, 0.1) is 21.3 Å². The molecule has 0 unspecified atom stereocenters. The van der Waals surface area contributed by atoms with E-state index in [4.69, 9.17) is 14.2 Å². The van der Waals surface area contributed by atoms with Crippen LogP contribution < -0.4 is 4.74 Å². The van der Waals surface area contributed by atoms with Gasteiger partial charge in [0.2, 0.25) is 0 Å². The molecule has 0 heterocycles. The Hall–Kier alpha value is -3.02. The summed E-state index contributed by atoms with van der Waals surface area (Å²) in [6.07, 6.45) is 10.1. The minimum absolute atomic E-state index is 0.0760. The molecule has 202 valence electrons. The van der Waals surface area contributed by atoms with E-state index in [0.717, 1.165) is 57.1 Å². The number of rotatable bonds is 7. The molecular formula is C31H42O6. The molecule has 1 N–H and O–H groups in total. The molecule has 4 rings (SSSR count). The highest BCUT2D eigenvalue weighted by Crippen LogP contribution is 2.38. The van der Waals surface area contributed by atoms with Crippen LogP contribution in [-0.4, -0.2) is 38.4 Å². The molecule has 0 amide bonds. The van der Waals surface area contributed by atoms with Gasteiger partial charge in [0.15, 0.2) is 0 Å². The first-order chi connectivity index (χ1) is 17.9. The Kier molecular flexibility index (Phi) is 11.3. The van der Waals surface area contributed by atoms with Gasteiger partial charge in [0, 0.05) is 12.8 Å². The normalized spacial score (nSPS) is 23.2. The minimum Gasteiger partial charge on any atom is -0.508 e. The second-order valence-electron chi connectivity index (χ2n) is 10.4. The SMILES string of the molecule is COC(=O)CC1CCC(c2ccc(O)cc2)CC1.COC(=O)CC1CCC(c2ccc(OC)cc2)CC1. The molecule has 2 aromatic carbocycles. The summed E-state index contributed by atoms with van der Waals surface area (Å²) >= 11 is 0. The predicted molar refractivity (Wildman–Crippen MR) is 144 cm³/mol. The number of benzene rings is 2. The lowest BCUT2D eigenvalue weighted by atomic mass is 9.77. The lowest BCUT2D eigenvalue weighted by Gasteiger charge is -2.28. The van der Waals surface area contributed by atoms with E-state index in [0.29, 0.717) is 42.3 Å². The predicted octanol–water partition coefficient (Wildman–Crippen LogP) is 6.76. The molecule has 2 aliphatic carbocycles. The average molecular weight is 511 g/mol. The molecule has 6 nitrogen and oxygen atoms in total. The molecule has 0 aliphatic heterocycles. The average Bonchev–Trinajstić information content (AvgIpc) is 2.94. The molecule has 2 fully saturated rings. The quantitative estimate of drug-likeness (QED) is 0.414. The van der Waals surface area contributed by atoms with E-state index in [9.17, 15) is 14.7 Å². The van der Waals surface area contributed by atoms with E-state index in [-0.39, 0.29) is 11.9 Å². The fraction of sp³-hybridized carbons (Fsp3) is 0.548. The van der Waals surface area contributed by atoms with Crippen LogP contribution in [0.2, 0.25) is 0 Å². The zero-order chi connectivity index (χ0) is 26.6. The summed E-state index contributed by atoms with van der Waals surface area (Å²) in [7, 11) is 4.60. The smallest absolute Gasteiger partial charge is 0.305 e. The van der Waals surface area contributed by atoms with Gasteiger partial charge in [0.1, 0.15) is 11.5 Å². The van der Waals surface area contributed by atoms with Crippen molar-refractivity contribution >= 4 is 11.9 Å². The van der Waals surface area contributed by atoms with Gasteiger partial charge in [-0.2, -0.15) is 0 Å². The van der Waals surface area contributed by atoms with Crippen molar-refractivity contribution in [2.24, 2.45) is 11.8 Å². The number of ether oxygens (including phenoxy) is 3. The van der Waals surface area contributed by atoms with Crippen LogP contribution in [0.5, 0.6) is 11.5 Å². The van der Waals surface area contributed by atoms with Gasteiger partial charge in [-0.1, -0.05) is 24.3 Å². The van der Waals surface area contributed by atoms with Gasteiger partial charge < -0.3 is 19.3 Å². The van der Waals surface area contributed by atoms with Gasteiger partial charge >= 0.3 is 11.9 Å². The molecular weight excluding hydrogens is 468 g/mol. The summed E-state index contributed by atoms with van der Waals surface area (Å²) in [4.78, 5) is 22.5. The molecule has 0 radical (unpaired) electrons. The lowest BCUT2D eigenvalue weighted by Crippen LogP contribution is -2.17. The highest BCUT2D eigenvalue weighted by atomic mass is 16.5. The second-order valence-corrected chi connectivity index (χ2v) is 10.4. The Morgan fingerprint density at radius 3 is 1.38 bits per heavy atom. The van der Waals surface area contributed by atoms with E-state index in [1.165, 1.54) is 25.3 Å². The van der Waals surface area contributed by atoms with Crippen molar-refractivity contribution < 1.29 is 28.9 Å². The highest BCUT2D eigenvalue weighted by Gasteiger charge is 2.25. The van der Waals surface area contributed by atoms with Crippen LogP contribution >= 0.6 is 0 Å².